The Kier molecular flexibility index (Phi) is 9.43. The standard InChI is InChI=1S/C16H27BrO2Si/c1-4-7-16(14-8-10-15(17)11-9-14)20(18-12-5-2)19-13-6-3/h8-11,16,20H,4-7,12-13H2,1-3H3. The molecule has 1 aromatic rings. The Balaban J connectivity index is 2.84. The first-order valence-electron chi connectivity index (χ1n) is 7.71. The molecule has 0 aromatic heterocycles. The molecule has 1 rings (SSSR count). The van der Waals surface area contributed by atoms with E-state index in [2.05, 4.69) is 61.0 Å². The van der Waals surface area contributed by atoms with E-state index in [0.717, 1.165) is 43.4 Å². The second kappa shape index (κ2) is 10.5. The van der Waals surface area contributed by atoms with Gasteiger partial charge in [0.25, 0.3) is 0 Å². The van der Waals surface area contributed by atoms with Gasteiger partial charge in [-0.2, -0.15) is 0 Å². The third kappa shape index (κ3) is 6.08. The molecule has 1 aromatic carbocycles. The number of hydrogen-bond acceptors (Lipinski definition) is 2. The first kappa shape index (κ1) is 17.9. The van der Waals surface area contributed by atoms with Crippen LogP contribution in [0.2, 0.25) is 0 Å². The number of halogens is 1. The summed E-state index contributed by atoms with van der Waals surface area (Å²) in [6.45, 7) is 8.17. The molecular formula is C16H27BrO2Si. The molecule has 20 heavy (non-hydrogen) atoms. The van der Waals surface area contributed by atoms with E-state index in [1.54, 1.807) is 0 Å². The molecule has 0 heterocycles. The summed E-state index contributed by atoms with van der Waals surface area (Å²) >= 11 is 3.50. The van der Waals surface area contributed by atoms with Crippen LogP contribution in [0.4, 0.5) is 0 Å². The summed E-state index contributed by atoms with van der Waals surface area (Å²) in [5, 5.41) is 0. The second-order valence-electron chi connectivity index (χ2n) is 5.06. The third-order valence-electron chi connectivity index (χ3n) is 3.20. The Morgan fingerprint density at radius 2 is 1.50 bits per heavy atom. The maximum atomic E-state index is 6.10. The smallest absolute Gasteiger partial charge is 0.329 e. The Labute approximate surface area is 133 Å². The van der Waals surface area contributed by atoms with E-state index < -0.39 is 9.28 Å². The lowest BCUT2D eigenvalue weighted by Gasteiger charge is -2.25. The molecular weight excluding hydrogens is 332 g/mol. The fraction of sp³-hybridized carbons (Fsp3) is 0.625. The lowest BCUT2D eigenvalue weighted by atomic mass is 10.1. The molecule has 4 heteroatoms. The third-order valence-corrected chi connectivity index (χ3v) is 6.23. The van der Waals surface area contributed by atoms with Crippen LogP contribution in [-0.2, 0) is 8.85 Å². The molecule has 2 nitrogen and oxygen atoms in total. The summed E-state index contributed by atoms with van der Waals surface area (Å²) in [5.74, 6) is 0. The Morgan fingerprint density at radius 1 is 0.950 bits per heavy atom. The number of rotatable bonds is 10. The van der Waals surface area contributed by atoms with Crippen LogP contribution in [0, 0.1) is 0 Å². The predicted molar refractivity (Wildman–Crippen MR) is 91.4 cm³/mol. The summed E-state index contributed by atoms with van der Waals surface area (Å²) in [6, 6.07) is 8.64. The molecule has 0 bridgehead atoms. The van der Waals surface area contributed by atoms with Gasteiger partial charge in [-0.1, -0.05) is 55.3 Å². The van der Waals surface area contributed by atoms with Crippen LogP contribution < -0.4 is 0 Å². The van der Waals surface area contributed by atoms with Crippen molar-refractivity contribution in [2.45, 2.75) is 52.0 Å². The number of hydrogen-bond donors (Lipinski definition) is 0. The first-order chi connectivity index (χ1) is 9.72. The minimum atomic E-state index is -1.66. The van der Waals surface area contributed by atoms with Crippen LogP contribution >= 0.6 is 15.9 Å². The molecule has 0 saturated heterocycles. The van der Waals surface area contributed by atoms with E-state index >= 15 is 0 Å². The molecule has 0 aliphatic carbocycles. The van der Waals surface area contributed by atoms with Crippen LogP contribution in [-0.4, -0.2) is 22.5 Å². The van der Waals surface area contributed by atoms with Gasteiger partial charge in [0.05, 0.1) is 0 Å². The monoisotopic (exact) mass is 358 g/mol. The highest BCUT2D eigenvalue weighted by atomic mass is 79.9. The summed E-state index contributed by atoms with van der Waals surface area (Å²) in [6.07, 6.45) is 4.41. The van der Waals surface area contributed by atoms with Crippen molar-refractivity contribution in [3.63, 3.8) is 0 Å². The van der Waals surface area contributed by atoms with Crippen LogP contribution in [0.3, 0.4) is 0 Å². The van der Waals surface area contributed by atoms with Crippen LogP contribution in [0.25, 0.3) is 0 Å². The van der Waals surface area contributed by atoms with Gasteiger partial charge in [-0.25, -0.2) is 0 Å². The topological polar surface area (TPSA) is 18.5 Å². The fourth-order valence-electron chi connectivity index (χ4n) is 2.23. The maximum absolute atomic E-state index is 6.10. The highest BCUT2D eigenvalue weighted by molar-refractivity contribution is 9.10. The predicted octanol–water partition coefficient (Wildman–Crippen LogP) is 4.95. The molecule has 0 N–H and O–H groups in total. The van der Waals surface area contributed by atoms with Crippen molar-refractivity contribution in [3.8, 4) is 0 Å². The zero-order valence-electron chi connectivity index (χ0n) is 12.9. The Morgan fingerprint density at radius 3 is 1.95 bits per heavy atom. The summed E-state index contributed by atoms with van der Waals surface area (Å²) < 4.78 is 13.3. The van der Waals surface area contributed by atoms with Gasteiger partial charge in [-0.15, -0.1) is 0 Å². The minimum absolute atomic E-state index is 0.450. The lowest BCUT2D eigenvalue weighted by Crippen LogP contribution is -2.32. The average Bonchev–Trinajstić information content (AvgIpc) is 2.47. The van der Waals surface area contributed by atoms with Gasteiger partial charge in [0, 0.05) is 23.2 Å². The van der Waals surface area contributed by atoms with Crippen LogP contribution in [0.15, 0.2) is 28.7 Å². The molecule has 0 spiro atoms. The van der Waals surface area contributed by atoms with Crippen molar-refractivity contribution in [3.05, 3.63) is 34.3 Å². The van der Waals surface area contributed by atoms with Crippen LogP contribution in [0.5, 0.6) is 0 Å². The maximum Gasteiger partial charge on any atom is 0.329 e. The first-order valence-corrected chi connectivity index (χ1v) is 10.1. The van der Waals surface area contributed by atoms with Crippen LogP contribution in [0.1, 0.15) is 57.6 Å². The van der Waals surface area contributed by atoms with E-state index in [1.165, 1.54) is 5.56 Å². The Hall–Kier alpha value is -0.163. The van der Waals surface area contributed by atoms with E-state index in [1.807, 2.05) is 0 Å². The van der Waals surface area contributed by atoms with E-state index in [9.17, 15) is 0 Å². The number of benzene rings is 1. The van der Waals surface area contributed by atoms with Crippen molar-refractivity contribution in [2.24, 2.45) is 0 Å². The van der Waals surface area contributed by atoms with Crippen molar-refractivity contribution < 1.29 is 8.85 Å². The summed E-state index contributed by atoms with van der Waals surface area (Å²) in [7, 11) is -1.66. The largest absolute Gasteiger partial charge is 0.396 e. The van der Waals surface area contributed by atoms with Crippen molar-refractivity contribution in [2.75, 3.05) is 13.2 Å². The molecule has 0 fully saturated rings. The zero-order valence-corrected chi connectivity index (χ0v) is 15.6. The highest BCUT2D eigenvalue weighted by Crippen LogP contribution is 2.27. The molecule has 0 aliphatic rings. The molecule has 0 amide bonds. The van der Waals surface area contributed by atoms with Gasteiger partial charge < -0.3 is 8.85 Å². The molecule has 114 valence electrons. The van der Waals surface area contributed by atoms with Gasteiger partial charge in [0.15, 0.2) is 0 Å². The molecule has 0 saturated carbocycles. The zero-order chi connectivity index (χ0) is 14.8. The van der Waals surface area contributed by atoms with E-state index in [0.29, 0.717) is 5.54 Å². The van der Waals surface area contributed by atoms with Crippen molar-refractivity contribution >= 4 is 25.2 Å². The minimum Gasteiger partial charge on any atom is -0.396 e. The second-order valence-corrected chi connectivity index (χ2v) is 8.18. The summed E-state index contributed by atoms with van der Waals surface area (Å²) in [4.78, 5) is 0. The van der Waals surface area contributed by atoms with Crippen molar-refractivity contribution in [1.29, 1.82) is 0 Å². The summed E-state index contributed by atoms with van der Waals surface area (Å²) in [5.41, 5.74) is 1.81. The normalized spacial score (nSPS) is 12.8. The Bertz CT molecular complexity index is 348. The quantitative estimate of drug-likeness (QED) is 0.551. The van der Waals surface area contributed by atoms with Crippen molar-refractivity contribution in [1.82, 2.24) is 0 Å². The van der Waals surface area contributed by atoms with E-state index in [-0.39, 0.29) is 0 Å². The lowest BCUT2D eigenvalue weighted by molar-refractivity contribution is 0.187. The van der Waals surface area contributed by atoms with Gasteiger partial charge in [-0.3, -0.25) is 0 Å². The van der Waals surface area contributed by atoms with Gasteiger partial charge in [0.1, 0.15) is 0 Å². The fourth-order valence-corrected chi connectivity index (χ4v) is 5.13. The van der Waals surface area contributed by atoms with E-state index in [4.69, 9.17) is 8.85 Å². The highest BCUT2D eigenvalue weighted by Gasteiger charge is 2.27. The molecule has 0 aliphatic heterocycles. The average molecular weight is 359 g/mol. The van der Waals surface area contributed by atoms with Gasteiger partial charge in [0.2, 0.25) is 0 Å². The molecule has 0 radical (unpaired) electrons. The molecule has 1 atom stereocenters. The van der Waals surface area contributed by atoms with Gasteiger partial charge in [-0.05, 0) is 37.0 Å². The molecule has 1 unspecified atom stereocenters. The van der Waals surface area contributed by atoms with Gasteiger partial charge >= 0.3 is 9.28 Å². The SMILES string of the molecule is CCCO[SiH](OCCC)C(CCC)c1ccc(Br)cc1.